The Bertz CT molecular complexity index is 966. The standard InChI is InChI=1S/C32H50O3/c1-18-10-14-29(6)15-11-22-31(8)16-12-21-28(4,5)23(34-20(3)33)13-17-30(21,7)26(31)24-27(35-24)32(22,9)25(29)19(18)2/h11,18-19,21,23-27H,10,12-17H2,1-9H3/t18-,19+,21+,23+,24+,25-,26-,27+,29-,30+,31+,32-/m1/s1. The highest BCUT2D eigenvalue weighted by atomic mass is 16.6. The van der Waals surface area contributed by atoms with E-state index in [-0.39, 0.29) is 33.7 Å². The molecule has 0 spiro atoms. The lowest BCUT2D eigenvalue weighted by molar-refractivity contribution is -0.196. The molecule has 6 rings (SSSR count). The first-order valence-electron chi connectivity index (χ1n) is 14.7. The maximum atomic E-state index is 11.9. The number of esters is 1. The molecule has 5 fully saturated rings. The molecule has 196 valence electrons. The number of hydrogen-bond acceptors (Lipinski definition) is 3. The van der Waals surface area contributed by atoms with Crippen molar-refractivity contribution in [2.24, 2.45) is 56.7 Å². The summed E-state index contributed by atoms with van der Waals surface area (Å²) in [5.41, 5.74) is 2.79. The zero-order valence-corrected chi connectivity index (χ0v) is 23.9. The van der Waals surface area contributed by atoms with Crippen LogP contribution in [-0.4, -0.2) is 24.3 Å². The Morgan fingerprint density at radius 2 is 1.69 bits per heavy atom. The van der Waals surface area contributed by atoms with E-state index in [9.17, 15) is 4.79 Å². The first-order valence-corrected chi connectivity index (χ1v) is 14.7. The van der Waals surface area contributed by atoms with Gasteiger partial charge in [-0.15, -0.1) is 0 Å². The van der Waals surface area contributed by atoms with Crippen LogP contribution in [-0.2, 0) is 14.3 Å². The zero-order chi connectivity index (χ0) is 25.3. The minimum absolute atomic E-state index is 0.00201. The average Bonchev–Trinajstić information content (AvgIpc) is 3.53. The lowest BCUT2D eigenvalue weighted by Gasteiger charge is -2.69. The molecule has 12 atom stereocenters. The second kappa shape index (κ2) is 7.17. The van der Waals surface area contributed by atoms with Crippen LogP contribution in [0.2, 0.25) is 0 Å². The Morgan fingerprint density at radius 3 is 2.37 bits per heavy atom. The molecule has 1 aliphatic heterocycles. The van der Waals surface area contributed by atoms with Gasteiger partial charge in [0.05, 0.1) is 12.2 Å². The zero-order valence-electron chi connectivity index (χ0n) is 23.9. The number of carbonyl (C=O) groups is 1. The van der Waals surface area contributed by atoms with Crippen molar-refractivity contribution in [3.05, 3.63) is 11.6 Å². The van der Waals surface area contributed by atoms with Gasteiger partial charge in [0.15, 0.2) is 0 Å². The average molecular weight is 483 g/mol. The van der Waals surface area contributed by atoms with Gasteiger partial charge in [0.2, 0.25) is 0 Å². The third kappa shape index (κ3) is 2.91. The van der Waals surface area contributed by atoms with Crippen LogP contribution in [0.1, 0.15) is 107 Å². The molecule has 0 aromatic carbocycles. The Balaban J connectivity index is 1.42. The van der Waals surface area contributed by atoms with Crippen molar-refractivity contribution in [1.29, 1.82) is 0 Å². The van der Waals surface area contributed by atoms with E-state index >= 15 is 0 Å². The quantitative estimate of drug-likeness (QED) is 0.220. The molecule has 6 aliphatic rings. The van der Waals surface area contributed by atoms with Gasteiger partial charge in [-0.1, -0.05) is 67.0 Å². The molecule has 3 nitrogen and oxygen atoms in total. The number of fused-ring (bicyclic) bond motifs is 10. The van der Waals surface area contributed by atoms with E-state index in [1.165, 1.54) is 32.1 Å². The first-order chi connectivity index (χ1) is 16.2. The Labute approximate surface area is 214 Å². The van der Waals surface area contributed by atoms with E-state index < -0.39 is 0 Å². The highest BCUT2D eigenvalue weighted by molar-refractivity contribution is 5.66. The van der Waals surface area contributed by atoms with Crippen molar-refractivity contribution >= 4 is 5.97 Å². The number of epoxide rings is 1. The van der Waals surface area contributed by atoms with Gasteiger partial charge in [-0.3, -0.25) is 4.79 Å². The highest BCUT2D eigenvalue weighted by Crippen LogP contribution is 2.78. The Hall–Kier alpha value is -0.830. The fourth-order valence-corrected chi connectivity index (χ4v) is 12.1. The summed E-state index contributed by atoms with van der Waals surface area (Å²) in [6.45, 7) is 21.8. The summed E-state index contributed by atoms with van der Waals surface area (Å²) in [5.74, 6) is 3.26. The van der Waals surface area contributed by atoms with Crippen LogP contribution >= 0.6 is 0 Å². The molecule has 0 unspecified atom stereocenters. The van der Waals surface area contributed by atoms with E-state index in [0.29, 0.717) is 35.4 Å². The maximum absolute atomic E-state index is 11.9. The number of rotatable bonds is 1. The minimum atomic E-state index is -0.127. The van der Waals surface area contributed by atoms with E-state index in [1.54, 1.807) is 12.5 Å². The molecule has 35 heavy (non-hydrogen) atoms. The van der Waals surface area contributed by atoms with Gasteiger partial charge in [0.25, 0.3) is 0 Å². The summed E-state index contributed by atoms with van der Waals surface area (Å²) < 4.78 is 12.8. The highest BCUT2D eigenvalue weighted by Gasteiger charge is 2.77. The molecule has 0 radical (unpaired) electrons. The van der Waals surface area contributed by atoms with Crippen LogP contribution in [0.4, 0.5) is 0 Å². The second-order valence-corrected chi connectivity index (χ2v) is 15.6. The van der Waals surface area contributed by atoms with Crippen molar-refractivity contribution in [3.8, 4) is 0 Å². The van der Waals surface area contributed by atoms with Crippen LogP contribution in [0.5, 0.6) is 0 Å². The molecule has 1 heterocycles. The van der Waals surface area contributed by atoms with Crippen molar-refractivity contribution in [3.63, 3.8) is 0 Å². The third-order valence-electron chi connectivity index (χ3n) is 13.5. The smallest absolute Gasteiger partial charge is 0.302 e. The second-order valence-electron chi connectivity index (χ2n) is 15.6. The van der Waals surface area contributed by atoms with Gasteiger partial charge in [-0.05, 0) is 84.9 Å². The fraction of sp³-hybridized carbons (Fsp3) is 0.906. The van der Waals surface area contributed by atoms with E-state index in [1.807, 2.05) is 0 Å². The van der Waals surface area contributed by atoms with Gasteiger partial charge in [0.1, 0.15) is 6.10 Å². The minimum Gasteiger partial charge on any atom is -0.462 e. The van der Waals surface area contributed by atoms with Crippen LogP contribution in [0.3, 0.4) is 0 Å². The van der Waals surface area contributed by atoms with Crippen LogP contribution < -0.4 is 0 Å². The lowest BCUT2D eigenvalue weighted by atomic mass is 9.34. The fourth-order valence-electron chi connectivity index (χ4n) is 12.1. The number of hydrogen-bond donors (Lipinski definition) is 0. The van der Waals surface area contributed by atoms with Gasteiger partial charge in [-0.2, -0.15) is 0 Å². The molecule has 0 bridgehead atoms. The molecular formula is C32H50O3. The van der Waals surface area contributed by atoms with Crippen LogP contribution in [0, 0.1) is 56.7 Å². The monoisotopic (exact) mass is 482 g/mol. The lowest BCUT2D eigenvalue weighted by Crippen LogP contribution is -2.66. The molecule has 1 saturated heterocycles. The number of carbonyl (C=O) groups excluding carboxylic acids is 1. The molecule has 0 amide bonds. The van der Waals surface area contributed by atoms with Gasteiger partial charge in [-0.25, -0.2) is 0 Å². The van der Waals surface area contributed by atoms with Crippen molar-refractivity contribution in [2.75, 3.05) is 0 Å². The summed E-state index contributed by atoms with van der Waals surface area (Å²) in [7, 11) is 0. The summed E-state index contributed by atoms with van der Waals surface area (Å²) in [5, 5.41) is 0. The molecule has 3 heteroatoms. The molecule has 0 aromatic rings. The molecule has 0 aromatic heterocycles. The normalized spacial score (nSPS) is 57.9. The molecule has 5 aliphatic carbocycles. The molecular weight excluding hydrogens is 432 g/mol. The van der Waals surface area contributed by atoms with E-state index in [2.05, 4.69) is 61.5 Å². The Kier molecular flexibility index (Phi) is 5.02. The van der Waals surface area contributed by atoms with Gasteiger partial charge >= 0.3 is 5.97 Å². The van der Waals surface area contributed by atoms with Crippen molar-refractivity contribution in [1.82, 2.24) is 0 Å². The van der Waals surface area contributed by atoms with Crippen molar-refractivity contribution < 1.29 is 14.3 Å². The van der Waals surface area contributed by atoms with E-state index in [0.717, 1.165) is 24.7 Å². The van der Waals surface area contributed by atoms with Gasteiger partial charge < -0.3 is 9.47 Å². The third-order valence-corrected chi connectivity index (χ3v) is 13.5. The van der Waals surface area contributed by atoms with Crippen molar-refractivity contribution in [2.45, 2.75) is 126 Å². The summed E-state index contributed by atoms with van der Waals surface area (Å²) in [6.07, 6.45) is 12.1. The predicted molar refractivity (Wildman–Crippen MR) is 140 cm³/mol. The van der Waals surface area contributed by atoms with Crippen LogP contribution in [0.15, 0.2) is 11.6 Å². The molecule has 4 saturated carbocycles. The molecule has 0 N–H and O–H groups in total. The maximum Gasteiger partial charge on any atom is 0.302 e. The first kappa shape index (κ1) is 24.5. The SMILES string of the molecule is CC(=O)O[C@H]1CC[C@]2(C)[C@H]3[C@@H]4O[C@@H]4[C@]4(C)C(=CC[C@@]5(C)CC[C@@H](C)[C@H](C)[C@H]54)[C@]3(C)CC[C@H]2C1(C)C. The Morgan fingerprint density at radius 1 is 0.971 bits per heavy atom. The largest absolute Gasteiger partial charge is 0.462 e. The number of allylic oxidation sites excluding steroid dienone is 1. The summed E-state index contributed by atoms with van der Waals surface area (Å²) in [4.78, 5) is 11.9. The van der Waals surface area contributed by atoms with Crippen LogP contribution in [0.25, 0.3) is 0 Å². The summed E-state index contributed by atoms with van der Waals surface area (Å²) in [6, 6.07) is 0. The topological polar surface area (TPSA) is 38.8 Å². The van der Waals surface area contributed by atoms with Gasteiger partial charge in [0, 0.05) is 23.7 Å². The predicted octanol–water partition coefficient (Wildman–Crippen LogP) is 7.58. The van der Waals surface area contributed by atoms with E-state index in [4.69, 9.17) is 9.47 Å². The number of ether oxygens (including phenoxy) is 2. The summed E-state index contributed by atoms with van der Waals surface area (Å²) >= 11 is 0.